The van der Waals surface area contributed by atoms with Crippen molar-refractivity contribution in [2.75, 3.05) is 0 Å². The number of allylic oxidation sites excluding steroid dienone is 1. The molecular weight excluding hydrogens is 304 g/mol. The van der Waals surface area contributed by atoms with Gasteiger partial charge in [0.1, 0.15) is 0 Å². The molecular formula is C16H9BrO2. The van der Waals surface area contributed by atoms with Gasteiger partial charge in [-0.15, -0.1) is 0 Å². The molecule has 0 spiro atoms. The lowest BCUT2D eigenvalue weighted by Crippen LogP contribution is -1.97. The summed E-state index contributed by atoms with van der Waals surface area (Å²) in [7, 11) is 0. The van der Waals surface area contributed by atoms with Gasteiger partial charge in [0, 0.05) is 21.2 Å². The van der Waals surface area contributed by atoms with Gasteiger partial charge in [-0.1, -0.05) is 42.5 Å². The third-order valence-corrected chi connectivity index (χ3v) is 3.91. The van der Waals surface area contributed by atoms with E-state index in [1.165, 1.54) is 12.1 Å². The summed E-state index contributed by atoms with van der Waals surface area (Å²) in [5.41, 5.74) is 2.58. The van der Waals surface area contributed by atoms with Crippen LogP contribution in [0.25, 0.3) is 10.1 Å². The molecule has 0 saturated carbocycles. The molecule has 1 aliphatic rings. The third-order valence-electron chi connectivity index (χ3n) is 3.09. The second-order valence-electron chi connectivity index (χ2n) is 4.28. The Morgan fingerprint density at radius 1 is 0.789 bits per heavy atom. The number of Topliss-reactive ketones (excluding diaryl/α,β-unsaturated/α-hetero) is 1. The number of rotatable bonds is 1. The van der Waals surface area contributed by atoms with Gasteiger partial charge in [-0.3, -0.25) is 9.59 Å². The van der Waals surface area contributed by atoms with Gasteiger partial charge in [-0.2, -0.15) is 0 Å². The van der Waals surface area contributed by atoms with Crippen LogP contribution in [0.4, 0.5) is 0 Å². The molecule has 3 rings (SSSR count). The van der Waals surface area contributed by atoms with Gasteiger partial charge in [0.25, 0.3) is 0 Å². The number of ketones is 1. The van der Waals surface area contributed by atoms with Crippen LogP contribution in [0.5, 0.6) is 0 Å². The fourth-order valence-electron chi connectivity index (χ4n) is 2.21. The molecule has 2 aromatic rings. The standard InChI is InChI=1S/C16H9BrO2/c17-15-13-9-11(18)7-4-8-12(13)16(19)14(15)10-5-2-1-3-6-10/h1-9H. The van der Waals surface area contributed by atoms with E-state index >= 15 is 0 Å². The first-order valence-electron chi connectivity index (χ1n) is 5.83. The second kappa shape index (κ2) is 4.59. The van der Waals surface area contributed by atoms with Crippen LogP contribution in [0.1, 0.15) is 21.5 Å². The Kier molecular flexibility index (Phi) is 2.91. The van der Waals surface area contributed by atoms with Crippen molar-refractivity contribution in [3.63, 3.8) is 0 Å². The maximum Gasteiger partial charge on any atom is 0.195 e. The van der Waals surface area contributed by atoms with Gasteiger partial charge < -0.3 is 0 Å². The fourth-order valence-corrected chi connectivity index (χ4v) is 2.95. The molecule has 0 aromatic heterocycles. The van der Waals surface area contributed by atoms with E-state index < -0.39 is 0 Å². The van der Waals surface area contributed by atoms with Crippen LogP contribution >= 0.6 is 15.9 Å². The van der Waals surface area contributed by atoms with Crippen LogP contribution in [0.3, 0.4) is 0 Å². The highest BCUT2D eigenvalue weighted by Crippen LogP contribution is 2.40. The molecule has 0 unspecified atom stereocenters. The molecule has 92 valence electrons. The maximum atomic E-state index is 12.5. The molecule has 1 aliphatic carbocycles. The average molecular weight is 313 g/mol. The minimum absolute atomic E-state index is 0.0522. The van der Waals surface area contributed by atoms with Gasteiger partial charge in [0.15, 0.2) is 11.2 Å². The Morgan fingerprint density at radius 3 is 2.26 bits per heavy atom. The number of halogens is 1. The lowest BCUT2D eigenvalue weighted by Gasteiger charge is -2.01. The van der Waals surface area contributed by atoms with Crippen LogP contribution < -0.4 is 5.43 Å². The summed E-state index contributed by atoms with van der Waals surface area (Å²) in [6, 6.07) is 15.7. The van der Waals surface area contributed by atoms with Crippen molar-refractivity contribution >= 4 is 31.8 Å². The van der Waals surface area contributed by atoms with Crippen molar-refractivity contribution in [2.24, 2.45) is 0 Å². The Labute approximate surface area is 118 Å². The van der Waals surface area contributed by atoms with Crippen molar-refractivity contribution < 1.29 is 4.79 Å². The summed E-state index contributed by atoms with van der Waals surface area (Å²) in [5.74, 6) is -0.0522. The molecule has 2 nitrogen and oxygen atoms in total. The Morgan fingerprint density at radius 2 is 1.53 bits per heavy atom. The first-order chi connectivity index (χ1) is 9.18. The first kappa shape index (κ1) is 12.1. The van der Waals surface area contributed by atoms with Crippen molar-refractivity contribution in [2.45, 2.75) is 0 Å². The quantitative estimate of drug-likeness (QED) is 0.807. The summed E-state index contributed by atoms with van der Waals surface area (Å²) in [6.45, 7) is 0. The van der Waals surface area contributed by atoms with Crippen LogP contribution in [-0.2, 0) is 0 Å². The summed E-state index contributed by atoms with van der Waals surface area (Å²) in [6.07, 6.45) is 0. The molecule has 19 heavy (non-hydrogen) atoms. The lowest BCUT2D eigenvalue weighted by molar-refractivity contribution is 0.105. The van der Waals surface area contributed by atoms with Gasteiger partial charge in [-0.05, 0) is 33.6 Å². The Hall–Kier alpha value is -2.00. The largest absolute Gasteiger partial charge is 0.290 e. The molecule has 0 N–H and O–H groups in total. The summed E-state index contributed by atoms with van der Waals surface area (Å²) in [4.78, 5) is 24.0. The second-order valence-corrected chi connectivity index (χ2v) is 5.08. The van der Waals surface area contributed by atoms with Gasteiger partial charge in [-0.25, -0.2) is 0 Å². The number of fused-ring (bicyclic) bond motifs is 1. The molecule has 0 bridgehead atoms. The monoisotopic (exact) mass is 312 g/mol. The smallest absolute Gasteiger partial charge is 0.195 e. The molecule has 0 atom stereocenters. The molecule has 0 fully saturated rings. The van der Waals surface area contributed by atoms with Gasteiger partial charge in [0.05, 0.1) is 0 Å². The van der Waals surface area contributed by atoms with Crippen LogP contribution in [0, 0.1) is 0 Å². The predicted octanol–water partition coefficient (Wildman–Crippen LogP) is 3.51. The lowest BCUT2D eigenvalue weighted by atomic mass is 10.0. The minimum atomic E-state index is -0.111. The van der Waals surface area contributed by atoms with Crippen molar-refractivity contribution in [1.82, 2.24) is 0 Å². The van der Waals surface area contributed by atoms with Crippen LogP contribution in [0.15, 0.2) is 59.4 Å². The van der Waals surface area contributed by atoms with E-state index in [4.69, 9.17) is 0 Å². The Bertz CT molecular complexity index is 761. The van der Waals surface area contributed by atoms with E-state index in [2.05, 4.69) is 15.9 Å². The fraction of sp³-hybridized carbons (Fsp3) is 0. The van der Waals surface area contributed by atoms with Crippen LogP contribution in [-0.4, -0.2) is 5.78 Å². The van der Waals surface area contributed by atoms with E-state index in [1.807, 2.05) is 30.3 Å². The number of carbonyl (C=O) groups excluding carboxylic acids is 1. The topological polar surface area (TPSA) is 34.1 Å². The minimum Gasteiger partial charge on any atom is -0.290 e. The zero-order chi connectivity index (χ0) is 13.4. The van der Waals surface area contributed by atoms with Crippen LogP contribution in [0.2, 0.25) is 0 Å². The zero-order valence-electron chi connectivity index (χ0n) is 9.89. The zero-order valence-corrected chi connectivity index (χ0v) is 11.5. The molecule has 2 aromatic carbocycles. The first-order valence-corrected chi connectivity index (χ1v) is 6.62. The highest BCUT2D eigenvalue weighted by molar-refractivity contribution is 9.15. The van der Waals surface area contributed by atoms with Crippen molar-refractivity contribution in [3.8, 4) is 0 Å². The number of hydrogen-bond acceptors (Lipinski definition) is 2. The van der Waals surface area contributed by atoms with Crippen molar-refractivity contribution in [1.29, 1.82) is 0 Å². The molecule has 0 amide bonds. The Balaban J connectivity index is 2.29. The molecule has 3 heteroatoms. The van der Waals surface area contributed by atoms with Gasteiger partial charge in [0.2, 0.25) is 0 Å². The highest BCUT2D eigenvalue weighted by Gasteiger charge is 2.28. The molecule has 0 radical (unpaired) electrons. The third kappa shape index (κ3) is 1.96. The number of hydrogen-bond donors (Lipinski definition) is 0. The number of benzene rings is 1. The summed E-state index contributed by atoms with van der Waals surface area (Å²) >= 11 is 3.46. The highest BCUT2D eigenvalue weighted by atomic mass is 79.9. The van der Waals surface area contributed by atoms with E-state index in [9.17, 15) is 9.59 Å². The normalized spacial score (nSPS) is 13.6. The van der Waals surface area contributed by atoms with E-state index in [-0.39, 0.29) is 11.2 Å². The van der Waals surface area contributed by atoms with Crippen molar-refractivity contribution in [3.05, 3.63) is 81.5 Å². The predicted molar refractivity (Wildman–Crippen MR) is 79.2 cm³/mol. The SMILES string of the molecule is O=C1C(c2ccccc2)=C(Br)c2cc(=O)cccc21. The molecule has 0 heterocycles. The van der Waals surface area contributed by atoms with E-state index in [0.29, 0.717) is 21.2 Å². The van der Waals surface area contributed by atoms with Gasteiger partial charge >= 0.3 is 0 Å². The maximum absolute atomic E-state index is 12.5. The summed E-state index contributed by atoms with van der Waals surface area (Å²) in [5, 5.41) is 0. The average Bonchev–Trinajstić information content (AvgIpc) is 2.57. The number of carbonyl (C=O) groups is 1. The van der Waals surface area contributed by atoms with E-state index in [0.717, 1.165) is 5.56 Å². The molecule has 0 saturated heterocycles. The van der Waals surface area contributed by atoms with E-state index in [1.54, 1.807) is 12.1 Å². The summed E-state index contributed by atoms with van der Waals surface area (Å²) < 4.78 is 0.687. The molecule has 0 aliphatic heterocycles.